The molecule has 2 aliphatic rings. The summed E-state index contributed by atoms with van der Waals surface area (Å²) >= 11 is 0. The third-order valence-corrected chi connectivity index (χ3v) is 5.87. The molecule has 1 aromatic heterocycles. The Morgan fingerprint density at radius 1 is 1.14 bits per heavy atom. The number of carbonyl (C=O) groups excluding carboxylic acids is 2. The Morgan fingerprint density at radius 2 is 1.97 bits per heavy atom. The van der Waals surface area contributed by atoms with Gasteiger partial charge in [-0.2, -0.15) is 5.10 Å². The van der Waals surface area contributed by atoms with Crippen LogP contribution in [0.5, 0.6) is 0 Å². The number of aromatic nitrogens is 2. The van der Waals surface area contributed by atoms with Gasteiger partial charge in [0.2, 0.25) is 5.91 Å². The van der Waals surface area contributed by atoms with E-state index >= 15 is 0 Å². The number of nitrogens with zero attached hydrogens (tertiary/aromatic N) is 5. The average molecular weight is 396 g/mol. The predicted octanol–water partition coefficient (Wildman–Crippen LogP) is 2.10. The quantitative estimate of drug-likeness (QED) is 0.778. The number of benzene rings is 1. The van der Waals surface area contributed by atoms with E-state index in [0.717, 1.165) is 57.9 Å². The lowest BCUT2D eigenvalue weighted by molar-refractivity contribution is -0.117. The van der Waals surface area contributed by atoms with Crippen LogP contribution in [0.1, 0.15) is 30.1 Å². The number of carbonyl (C=O) groups is 2. The lowest BCUT2D eigenvalue weighted by atomic mass is 10.1. The minimum absolute atomic E-state index is 0.0675. The molecule has 154 valence electrons. The Morgan fingerprint density at radius 3 is 2.72 bits per heavy atom. The van der Waals surface area contributed by atoms with Crippen molar-refractivity contribution in [3.63, 3.8) is 0 Å². The molecule has 2 aromatic rings. The zero-order chi connectivity index (χ0) is 20.2. The van der Waals surface area contributed by atoms with E-state index in [1.807, 2.05) is 53.3 Å². The van der Waals surface area contributed by atoms with Crippen LogP contribution in [0.15, 0.2) is 42.7 Å². The molecular formula is C22H29N5O2. The summed E-state index contributed by atoms with van der Waals surface area (Å²) in [7, 11) is 0. The molecule has 0 N–H and O–H groups in total. The number of amides is 2. The van der Waals surface area contributed by atoms with Crippen LogP contribution in [0.25, 0.3) is 0 Å². The molecule has 2 aliphatic heterocycles. The molecular weight excluding hydrogens is 366 g/mol. The van der Waals surface area contributed by atoms with Crippen LogP contribution in [0, 0.1) is 5.92 Å². The van der Waals surface area contributed by atoms with E-state index in [1.54, 1.807) is 10.9 Å². The molecule has 3 heterocycles. The molecule has 29 heavy (non-hydrogen) atoms. The molecule has 0 aliphatic carbocycles. The molecule has 7 nitrogen and oxygen atoms in total. The largest absolute Gasteiger partial charge is 0.337 e. The van der Waals surface area contributed by atoms with Crippen LogP contribution in [0.2, 0.25) is 0 Å². The average Bonchev–Trinajstić information content (AvgIpc) is 3.29. The van der Waals surface area contributed by atoms with Gasteiger partial charge in [0.15, 0.2) is 0 Å². The van der Waals surface area contributed by atoms with Crippen LogP contribution in [0.4, 0.5) is 5.69 Å². The fraction of sp³-hybridized carbons (Fsp3) is 0.500. The lowest BCUT2D eigenvalue weighted by Gasteiger charge is -2.24. The Balaban J connectivity index is 1.31. The Labute approximate surface area is 171 Å². The van der Waals surface area contributed by atoms with Gasteiger partial charge in [-0.15, -0.1) is 0 Å². The molecule has 2 fully saturated rings. The third-order valence-electron chi connectivity index (χ3n) is 5.87. The van der Waals surface area contributed by atoms with Crippen LogP contribution in [-0.4, -0.2) is 70.7 Å². The standard InChI is InChI=1S/C22H29N5O2/c1-2-26-17-19(14-23-26)22(29)25-10-6-9-24(11-12-25)15-18-13-21(28)27(16-18)20-7-4-3-5-8-20/h3-5,7-8,14,17-18H,2,6,9-13,15-16H2,1H3. The summed E-state index contributed by atoms with van der Waals surface area (Å²) < 4.78 is 1.78. The first kappa shape index (κ1) is 19.6. The highest BCUT2D eigenvalue weighted by Gasteiger charge is 2.32. The van der Waals surface area contributed by atoms with Gasteiger partial charge in [0.05, 0.1) is 11.8 Å². The second-order valence-electron chi connectivity index (χ2n) is 7.94. The topological polar surface area (TPSA) is 61.7 Å². The van der Waals surface area contributed by atoms with Gasteiger partial charge >= 0.3 is 0 Å². The van der Waals surface area contributed by atoms with Crippen molar-refractivity contribution in [2.75, 3.05) is 44.2 Å². The Bertz CT molecular complexity index is 850. The van der Waals surface area contributed by atoms with Gasteiger partial charge in [-0.25, -0.2) is 0 Å². The van der Waals surface area contributed by atoms with Gasteiger partial charge in [-0.1, -0.05) is 18.2 Å². The van der Waals surface area contributed by atoms with Crippen molar-refractivity contribution < 1.29 is 9.59 Å². The van der Waals surface area contributed by atoms with Crippen LogP contribution < -0.4 is 4.90 Å². The second-order valence-corrected chi connectivity index (χ2v) is 7.94. The maximum atomic E-state index is 12.8. The zero-order valence-electron chi connectivity index (χ0n) is 17.0. The van der Waals surface area contributed by atoms with Crippen molar-refractivity contribution in [2.24, 2.45) is 5.92 Å². The summed E-state index contributed by atoms with van der Waals surface area (Å²) in [4.78, 5) is 31.5. The molecule has 2 amide bonds. The lowest BCUT2D eigenvalue weighted by Crippen LogP contribution is -2.37. The minimum Gasteiger partial charge on any atom is -0.337 e. The second kappa shape index (κ2) is 8.78. The summed E-state index contributed by atoms with van der Waals surface area (Å²) in [5.74, 6) is 0.617. The first-order valence-corrected chi connectivity index (χ1v) is 10.5. The van der Waals surface area contributed by atoms with Crippen molar-refractivity contribution in [1.82, 2.24) is 19.6 Å². The van der Waals surface area contributed by atoms with Gasteiger partial charge in [0, 0.05) is 57.6 Å². The van der Waals surface area contributed by atoms with E-state index < -0.39 is 0 Å². The summed E-state index contributed by atoms with van der Waals surface area (Å²) in [6, 6.07) is 9.91. The van der Waals surface area contributed by atoms with E-state index in [0.29, 0.717) is 17.9 Å². The number of rotatable bonds is 5. The molecule has 4 rings (SSSR count). The zero-order valence-corrected chi connectivity index (χ0v) is 17.0. The van der Waals surface area contributed by atoms with Gasteiger partial charge in [0.1, 0.15) is 0 Å². The molecule has 7 heteroatoms. The molecule has 0 saturated carbocycles. The highest BCUT2D eigenvalue weighted by molar-refractivity contribution is 5.95. The Hall–Kier alpha value is -2.67. The molecule has 1 unspecified atom stereocenters. The number of para-hydroxylation sites is 1. The maximum Gasteiger partial charge on any atom is 0.257 e. The fourth-order valence-electron chi connectivity index (χ4n) is 4.31. The monoisotopic (exact) mass is 395 g/mol. The molecule has 0 bridgehead atoms. The SMILES string of the molecule is CCn1cc(C(=O)N2CCCN(CC3CC(=O)N(c4ccccc4)C3)CC2)cn1. The third kappa shape index (κ3) is 4.50. The minimum atomic E-state index is 0.0675. The van der Waals surface area contributed by atoms with Crippen LogP contribution in [0.3, 0.4) is 0 Å². The van der Waals surface area contributed by atoms with E-state index in [2.05, 4.69) is 10.00 Å². The van der Waals surface area contributed by atoms with E-state index in [9.17, 15) is 9.59 Å². The number of anilines is 1. The predicted molar refractivity (Wildman–Crippen MR) is 112 cm³/mol. The highest BCUT2D eigenvalue weighted by Crippen LogP contribution is 2.25. The van der Waals surface area contributed by atoms with E-state index in [-0.39, 0.29) is 11.8 Å². The summed E-state index contributed by atoms with van der Waals surface area (Å²) in [6.45, 7) is 7.77. The van der Waals surface area contributed by atoms with Crippen molar-refractivity contribution >= 4 is 17.5 Å². The molecule has 1 aromatic carbocycles. The van der Waals surface area contributed by atoms with Crippen molar-refractivity contribution in [3.05, 3.63) is 48.3 Å². The summed E-state index contributed by atoms with van der Waals surface area (Å²) in [6.07, 6.45) is 5.05. The van der Waals surface area contributed by atoms with Crippen molar-refractivity contribution in [2.45, 2.75) is 26.3 Å². The number of hydrogen-bond donors (Lipinski definition) is 0. The first-order valence-electron chi connectivity index (χ1n) is 10.5. The Kier molecular flexibility index (Phi) is 5.94. The number of aryl methyl sites for hydroxylation is 1. The smallest absolute Gasteiger partial charge is 0.257 e. The van der Waals surface area contributed by atoms with Crippen molar-refractivity contribution in [1.29, 1.82) is 0 Å². The summed E-state index contributed by atoms with van der Waals surface area (Å²) in [5, 5.41) is 4.22. The van der Waals surface area contributed by atoms with Gasteiger partial charge < -0.3 is 14.7 Å². The van der Waals surface area contributed by atoms with E-state index in [1.165, 1.54) is 0 Å². The molecule has 2 saturated heterocycles. The molecule has 0 spiro atoms. The molecule has 1 atom stereocenters. The normalized spacial score (nSPS) is 20.9. The van der Waals surface area contributed by atoms with Crippen LogP contribution >= 0.6 is 0 Å². The van der Waals surface area contributed by atoms with Gasteiger partial charge in [0.25, 0.3) is 5.91 Å². The van der Waals surface area contributed by atoms with Crippen LogP contribution in [-0.2, 0) is 11.3 Å². The van der Waals surface area contributed by atoms with Gasteiger partial charge in [-0.3, -0.25) is 14.3 Å². The van der Waals surface area contributed by atoms with Gasteiger partial charge in [-0.05, 0) is 37.9 Å². The highest BCUT2D eigenvalue weighted by atomic mass is 16.2. The fourth-order valence-corrected chi connectivity index (χ4v) is 4.31. The summed E-state index contributed by atoms with van der Waals surface area (Å²) in [5.41, 5.74) is 1.65. The maximum absolute atomic E-state index is 12.8. The number of hydrogen-bond acceptors (Lipinski definition) is 4. The molecule has 0 radical (unpaired) electrons. The van der Waals surface area contributed by atoms with Crippen molar-refractivity contribution in [3.8, 4) is 0 Å². The first-order chi connectivity index (χ1) is 14.1. The van der Waals surface area contributed by atoms with E-state index in [4.69, 9.17) is 0 Å².